The fraction of sp³-hybridized carbons (Fsp3) is 0.538. The molecule has 0 aliphatic rings. The number of alkyl halides is 1. The van der Waals surface area contributed by atoms with Crippen LogP contribution in [0.25, 0.3) is 0 Å². The van der Waals surface area contributed by atoms with Crippen LogP contribution in [0.5, 0.6) is 11.5 Å². The molecule has 20 heavy (non-hydrogen) atoms. The molecule has 0 heterocycles. The van der Waals surface area contributed by atoms with Gasteiger partial charge < -0.3 is 9.47 Å². The van der Waals surface area contributed by atoms with Crippen LogP contribution in [-0.2, 0) is 15.7 Å². The molecule has 0 bridgehead atoms. The van der Waals surface area contributed by atoms with Crippen LogP contribution >= 0.6 is 27.5 Å². The van der Waals surface area contributed by atoms with Crippen molar-refractivity contribution in [2.24, 2.45) is 0 Å². The van der Waals surface area contributed by atoms with Gasteiger partial charge in [0.05, 0.1) is 22.6 Å². The number of hydrogen-bond acceptors (Lipinski definition) is 4. The summed E-state index contributed by atoms with van der Waals surface area (Å²) < 4.78 is 34.9. The molecule has 0 amide bonds. The van der Waals surface area contributed by atoms with Crippen molar-refractivity contribution in [3.63, 3.8) is 0 Å². The van der Waals surface area contributed by atoms with Crippen molar-refractivity contribution in [3.05, 3.63) is 22.2 Å². The van der Waals surface area contributed by atoms with Crippen LogP contribution in [0, 0.1) is 0 Å². The summed E-state index contributed by atoms with van der Waals surface area (Å²) in [4.78, 5) is 0. The highest BCUT2D eigenvalue weighted by Crippen LogP contribution is 2.37. The summed E-state index contributed by atoms with van der Waals surface area (Å²) in [6.07, 6.45) is 0. The van der Waals surface area contributed by atoms with E-state index in [2.05, 4.69) is 15.9 Å². The molecular weight excluding hydrogens is 368 g/mol. The molecule has 1 rings (SSSR count). The zero-order valence-corrected chi connectivity index (χ0v) is 14.8. The van der Waals surface area contributed by atoms with E-state index in [0.717, 1.165) is 5.56 Å². The average Bonchev–Trinajstić information content (AvgIpc) is 2.39. The Morgan fingerprint density at radius 1 is 1.35 bits per heavy atom. The molecule has 7 heteroatoms. The molecule has 0 fully saturated rings. The average molecular weight is 386 g/mol. The number of rotatable bonds is 7. The van der Waals surface area contributed by atoms with Gasteiger partial charge in [-0.1, -0.05) is 0 Å². The van der Waals surface area contributed by atoms with Gasteiger partial charge in [-0.15, -0.1) is 11.6 Å². The Morgan fingerprint density at radius 3 is 2.50 bits per heavy atom. The normalized spacial score (nSPS) is 11.7. The van der Waals surface area contributed by atoms with Gasteiger partial charge in [-0.2, -0.15) is 0 Å². The van der Waals surface area contributed by atoms with E-state index in [1.807, 2.05) is 6.07 Å². The zero-order chi connectivity index (χ0) is 15.3. The fourth-order valence-electron chi connectivity index (χ4n) is 1.49. The van der Waals surface area contributed by atoms with Crippen molar-refractivity contribution >= 4 is 37.4 Å². The highest BCUT2D eigenvalue weighted by atomic mass is 79.9. The minimum atomic E-state index is -3.12. The SMILES string of the molecule is COc1cc(CCl)cc(Br)c1OCCS(=O)(=O)C(C)C. The van der Waals surface area contributed by atoms with Crippen molar-refractivity contribution < 1.29 is 17.9 Å². The van der Waals surface area contributed by atoms with E-state index in [9.17, 15) is 8.42 Å². The summed E-state index contributed by atoms with van der Waals surface area (Å²) in [7, 11) is -1.59. The lowest BCUT2D eigenvalue weighted by Crippen LogP contribution is -2.22. The predicted octanol–water partition coefficient (Wildman–Crippen LogP) is 3.40. The summed E-state index contributed by atoms with van der Waals surface area (Å²) in [6.45, 7) is 3.39. The second-order valence-electron chi connectivity index (χ2n) is 4.51. The minimum absolute atomic E-state index is 0.0302. The van der Waals surface area contributed by atoms with Crippen molar-refractivity contribution in [3.8, 4) is 11.5 Å². The van der Waals surface area contributed by atoms with Gasteiger partial charge in [-0.3, -0.25) is 0 Å². The van der Waals surface area contributed by atoms with Crippen LogP contribution in [0.15, 0.2) is 16.6 Å². The molecule has 0 spiro atoms. The molecule has 0 unspecified atom stereocenters. The third-order valence-electron chi connectivity index (χ3n) is 2.78. The first-order valence-corrected chi connectivity index (χ1v) is 9.13. The summed E-state index contributed by atoms with van der Waals surface area (Å²) in [5.74, 6) is 1.34. The summed E-state index contributed by atoms with van der Waals surface area (Å²) in [6, 6.07) is 3.59. The Hall–Kier alpha value is -0.460. The summed E-state index contributed by atoms with van der Waals surface area (Å²) >= 11 is 9.16. The topological polar surface area (TPSA) is 52.6 Å². The molecule has 0 saturated heterocycles. The number of ether oxygens (including phenoxy) is 2. The second-order valence-corrected chi connectivity index (χ2v) is 8.31. The third-order valence-corrected chi connectivity index (χ3v) is 5.85. The van der Waals surface area contributed by atoms with Gasteiger partial charge in [0.15, 0.2) is 21.3 Å². The minimum Gasteiger partial charge on any atom is -0.493 e. The molecule has 1 aromatic carbocycles. The molecule has 0 aromatic heterocycles. The molecule has 1 aromatic rings. The van der Waals surface area contributed by atoms with Crippen molar-refractivity contribution in [2.75, 3.05) is 19.5 Å². The maximum absolute atomic E-state index is 11.7. The van der Waals surface area contributed by atoms with Gasteiger partial charge in [-0.05, 0) is 47.5 Å². The van der Waals surface area contributed by atoms with Gasteiger partial charge in [0.1, 0.15) is 6.61 Å². The zero-order valence-electron chi connectivity index (χ0n) is 11.7. The van der Waals surface area contributed by atoms with E-state index in [4.69, 9.17) is 21.1 Å². The van der Waals surface area contributed by atoms with Gasteiger partial charge in [0.25, 0.3) is 0 Å². The second kappa shape index (κ2) is 7.52. The van der Waals surface area contributed by atoms with E-state index in [1.165, 1.54) is 7.11 Å². The van der Waals surface area contributed by atoms with E-state index >= 15 is 0 Å². The predicted molar refractivity (Wildman–Crippen MR) is 84.7 cm³/mol. The number of benzene rings is 1. The largest absolute Gasteiger partial charge is 0.493 e. The van der Waals surface area contributed by atoms with E-state index in [1.54, 1.807) is 19.9 Å². The Kier molecular flexibility index (Phi) is 6.61. The number of halogens is 2. The fourth-order valence-corrected chi connectivity index (χ4v) is 3.03. The lowest BCUT2D eigenvalue weighted by atomic mass is 10.2. The molecule has 4 nitrogen and oxygen atoms in total. The first kappa shape index (κ1) is 17.6. The maximum Gasteiger partial charge on any atom is 0.175 e. The van der Waals surface area contributed by atoms with Gasteiger partial charge in [0, 0.05) is 5.88 Å². The third kappa shape index (κ3) is 4.53. The molecule has 0 saturated carbocycles. The lowest BCUT2D eigenvalue weighted by Gasteiger charge is -2.14. The molecular formula is C13H18BrClO4S. The van der Waals surface area contributed by atoms with Gasteiger partial charge >= 0.3 is 0 Å². The molecule has 114 valence electrons. The van der Waals surface area contributed by atoms with Gasteiger partial charge in [0.2, 0.25) is 0 Å². The highest BCUT2D eigenvalue weighted by Gasteiger charge is 2.17. The standard InChI is InChI=1S/C13H18BrClO4S/c1-9(2)20(16,17)5-4-19-13-11(14)6-10(8-15)7-12(13)18-3/h6-7,9H,4-5,8H2,1-3H3. The summed E-state index contributed by atoms with van der Waals surface area (Å²) in [5, 5.41) is -0.407. The van der Waals surface area contributed by atoms with E-state index in [-0.39, 0.29) is 12.4 Å². The van der Waals surface area contributed by atoms with Crippen molar-refractivity contribution in [1.82, 2.24) is 0 Å². The monoisotopic (exact) mass is 384 g/mol. The molecule has 0 radical (unpaired) electrons. The van der Waals surface area contributed by atoms with Crippen molar-refractivity contribution in [2.45, 2.75) is 25.0 Å². The molecule has 0 N–H and O–H groups in total. The Morgan fingerprint density at radius 2 is 2.00 bits per heavy atom. The number of methoxy groups -OCH3 is 1. The smallest absolute Gasteiger partial charge is 0.175 e. The first-order valence-electron chi connectivity index (χ1n) is 6.08. The number of hydrogen-bond donors (Lipinski definition) is 0. The molecule has 0 atom stereocenters. The van der Waals surface area contributed by atoms with Crippen LogP contribution < -0.4 is 9.47 Å². The van der Waals surface area contributed by atoms with Crippen LogP contribution in [0.2, 0.25) is 0 Å². The molecule has 0 aliphatic heterocycles. The Labute approximate surface area is 133 Å². The Balaban J connectivity index is 2.83. The number of sulfone groups is 1. The first-order chi connectivity index (χ1) is 9.31. The Bertz CT molecular complexity index is 558. The molecule has 0 aliphatic carbocycles. The highest BCUT2D eigenvalue weighted by molar-refractivity contribution is 9.10. The van der Waals surface area contributed by atoms with Crippen molar-refractivity contribution in [1.29, 1.82) is 0 Å². The van der Waals surface area contributed by atoms with E-state index in [0.29, 0.717) is 21.9 Å². The quantitative estimate of drug-likeness (QED) is 0.675. The van der Waals surface area contributed by atoms with Gasteiger partial charge in [-0.25, -0.2) is 8.42 Å². The van der Waals surface area contributed by atoms with Crippen LogP contribution in [0.3, 0.4) is 0 Å². The van der Waals surface area contributed by atoms with Crippen LogP contribution in [-0.4, -0.2) is 33.1 Å². The maximum atomic E-state index is 11.7. The van der Waals surface area contributed by atoms with Crippen LogP contribution in [0.4, 0.5) is 0 Å². The van der Waals surface area contributed by atoms with E-state index < -0.39 is 15.1 Å². The summed E-state index contributed by atoms with van der Waals surface area (Å²) in [5.41, 5.74) is 0.887. The van der Waals surface area contributed by atoms with Crippen LogP contribution in [0.1, 0.15) is 19.4 Å². The lowest BCUT2D eigenvalue weighted by molar-refractivity contribution is 0.309.